The third kappa shape index (κ3) is 8.02. The molecule has 2 rings (SSSR count). The molecule has 0 unspecified atom stereocenters. The van der Waals surface area contributed by atoms with Crippen LogP contribution >= 0.6 is 0 Å². The number of benzene rings is 2. The molecule has 2 amide bonds. The molecule has 0 heterocycles. The van der Waals surface area contributed by atoms with E-state index in [0.29, 0.717) is 5.06 Å². The van der Waals surface area contributed by atoms with Crippen LogP contribution in [-0.4, -0.2) is 41.3 Å². The summed E-state index contributed by atoms with van der Waals surface area (Å²) in [5.74, 6) is -1.29. The van der Waals surface area contributed by atoms with Gasteiger partial charge in [0.25, 0.3) is 0 Å². The lowest BCUT2D eigenvalue weighted by Gasteiger charge is -2.18. The van der Waals surface area contributed by atoms with Gasteiger partial charge in [-0.05, 0) is 17.5 Å². The van der Waals surface area contributed by atoms with Crippen molar-refractivity contribution in [2.45, 2.75) is 32.1 Å². The third-order valence-corrected chi connectivity index (χ3v) is 4.02. The Labute approximate surface area is 169 Å². The number of hydroxylamine groups is 2. The molecule has 0 aliphatic carbocycles. The van der Waals surface area contributed by atoms with Crippen molar-refractivity contribution in [3.8, 4) is 0 Å². The van der Waals surface area contributed by atoms with Crippen LogP contribution in [0.5, 0.6) is 0 Å². The molecule has 0 spiro atoms. The quantitative estimate of drug-likeness (QED) is 0.381. The Hall–Kier alpha value is -3.39. The monoisotopic (exact) mass is 400 g/mol. The van der Waals surface area contributed by atoms with Crippen molar-refractivity contribution in [3.05, 3.63) is 71.8 Å². The molecule has 2 aromatic rings. The molecule has 1 atom stereocenters. The zero-order valence-corrected chi connectivity index (χ0v) is 16.1. The molecule has 8 nitrogen and oxygen atoms in total. The van der Waals surface area contributed by atoms with Gasteiger partial charge in [0.2, 0.25) is 5.91 Å². The Morgan fingerprint density at radius 1 is 0.931 bits per heavy atom. The number of nitrogens with one attached hydrogen (secondary N) is 1. The van der Waals surface area contributed by atoms with Gasteiger partial charge in [0, 0.05) is 13.5 Å². The van der Waals surface area contributed by atoms with E-state index in [1.165, 1.54) is 7.05 Å². The van der Waals surface area contributed by atoms with Crippen LogP contribution in [0.15, 0.2) is 60.7 Å². The molecule has 2 aromatic carbocycles. The number of nitrogens with zero attached hydrogens (tertiary/aromatic N) is 1. The van der Waals surface area contributed by atoms with Gasteiger partial charge in [-0.2, -0.15) is 0 Å². The molecule has 0 radical (unpaired) electrons. The topological polar surface area (TPSA) is 105 Å². The van der Waals surface area contributed by atoms with E-state index in [1.807, 2.05) is 36.4 Å². The molecule has 0 aliphatic heterocycles. The second-order valence-corrected chi connectivity index (χ2v) is 6.31. The minimum Gasteiger partial charge on any atom is -0.459 e. The summed E-state index contributed by atoms with van der Waals surface area (Å²) in [5, 5.41) is 12.0. The van der Waals surface area contributed by atoms with Crippen LogP contribution in [0.3, 0.4) is 0 Å². The fourth-order valence-corrected chi connectivity index (χ4v) is 2.41. The van der Waals surface area contributed by atoms with Crippen LogP contribution in [-0.2, 0) is 32.3 Å². The summed E-state index contributed by atoms with van der Waals surface area (Å²) in [6, 6.07) is 17.1. The number of esters is 1. The maximum Gasteiger partial charge on any atom is 0.408 e. The van der Waals surface area contributed by atoms with Crippen molar-refractivity contribution in [2.75, 3.05) is 7.05 Å². The van der Waals surface area contributed by atoms with E-state index in [1.54, 1.807) is 24.3 Å². The molecule has 0 saturated heterocycles. The minimum atomic E-state index is -1.09. The predicted molar refractivity (Wildman–Crippen MR) is 104 cm³/mol. The second-order valence-electron chi connectivity index (χ2n) is 6.31. The Kier molecular flexibility index (Phi) is 8.65. The van der Waals surface area contributed by atoms with Gasteiger partial charge in [-0.1, -0.05) is 60.7 Å². The van der Waals surface area contributed by atoms with Crippen LogP contribution in [0.25, 0.3) is 0 Å². The Balaban J connectivity index is 1.92. The number of hydrogen-bond donors (Lipinski definition) is 2. The molecule has 0 saturated carbocycles. The van der Waals surface area contributed by atoms with E-state index in [2.05, 4.69) is 5.32 Å². The second kappa shape index (κ2) is 11.5. The first-order valence-corrected chi connectivity index (χ1v) is 9.09. The summed E-state index contributed by atoms with van der Waals surface area (Å²) in [7, 11) is 1.19. The molecule has 154 valence electrons. The molecule has 0 aromatic heterocycles. The summed E-state index contributed by atoms with van der Waals surface area (Å²) >= 11 is 0. The standard InChI is InChI=1S/C21H24N2O6/c1-23(27)19(24)13-12-18(20(25)28-14-16-8-4-2-5-9-16)22-21(26)29-15-17-10-6-3-7-11-17/h2-11,18,27H,12-15H2,1H3,(H,22,26)/t18-/m0/s1. The number of rotatable bonds is 9. The normalized spacial score (nSPS) is 11.2. The maximum absolute atomic E-state index is 12.4. The lowest BCUT2D eigenvalue weighted by molar-refractivity contribution is -0.159. The summed E-state index contributed by atoms with van der Waals surface area (Å²) in [6.07, 6.45) is -1.00. The third-order valence-electron chi connectivity index (χ3n) is 4.02. The first-order valence-electron chi connectivity index (χ1n) is 9.09. The SMILES string of the molecule is CN(O)C(=O)CC[C@H](NC(=O)OCc1ccccc1)C(=O)OCc1ccccc1. The highest BCUT2D eigenvalue weighted by Gasteiger charge is 2.24. The van der Waals surface area contributed by atoms with E-state index in [9.17, 15) is 19.6 Å². The van der Waals surface area contributed by atoms with Crippen molar-refractivity contribution >= 4 is 18.0 Å². The number of hydrogen-bond acceptors (Lipinski definition) is 6. The highest BCUT2D eigenvalue weighted by Crippen LogP contribution is 2.07. The van der Waals surface area contributed by atoms with E-state index in [0.717, 1.165) is 11.1 Å². The smallest absolute Gasteiger partial charge is 0.408 e. The van der Waals surface area contributed by atoms with Gasteiger partial charge in [0.1, 0.15) is 19.3 Å². The van der Waals surface area contributed by atoms with Crippen LogP contribution in [0.1, 0.15) is 24.0 Å². The molecular formula is C21H24N2O6. The van der Waals surface area contributed by atoms with Gasteiger partial charge in [0.15, 0.2) is 0 Å². The zero-order chi connectivity index (χ0) is 21.1. The first-order chi connectivity index (χ1) is 14.0. The molecule has 29 heavy (non-hydrogen) atoms. The van der Waals surface area contributed by atoms with Gasteiger partial charge in [-0.25, -0.2) is 14.7 Å². The Bertz CT molecular complexity index is 795. The van der Waals surface area contributed by atoms with Gasteiger partial charge >= 0.3 is 12.1 Å². The van der Waals surface area contributed by atoms with E-state index in [4.69, 9.17) is 9.47 Å². The van der Waals surface area contributed by atoms with Crippen LogP contribution in [0, 0.1) is 0 Å². The van der Waals surface area contributed by atoms with Crippen molar-refractivity contribution in [2.24, 2.45) is 0 Å². The highest BCUT2D eigenvalue weighted by molar-refractivity contribution is 5.82. The van der Waals surface area contributed by atoms with Crippen molar-refractivity contribution < 1.29 is 29.1 Å². The number of carbonyl (C=O) groups excluding carboxylic acids is 3. The lowest BCUT2D eigenvalue weighted by Crippen LogP contribution is -2.42. The largest absolute Gasteiger partial charge is 0.459 e. The summed E-state index contributed by atoms with van der Waals surface area (Å²) in [5.41, 5.74) is 1.58. The average molecular weight is 400 g/mol. The summed E-state index contributed by atoms with van der Waals surface area (Å²) in [6.45, 7) is 0.0710. The summed E-state index contributed by atoms with van der Waals surface area (Å²) < 4.78 is 10.4. The van der Waals surface area contributed by atoms with Gasteiger partial charge in [-0.15, -0.1) is 0 Å². The minimum absolute atomic E-state index is 0.0325. The van der Waals surface area contributed by atoms with E-state index < -0.39 is 24.0 Å². The molecule has 0 fully saturated rings. The van der Waals surface area contributed by atoms with Gasteiger partial charge in [-0.3, -0.25) is 10.0 Å². The Morgan fingerprint density at radius 2 is 1.45 bits per heavy atom. The Morgan fingerprint density at radius 3 is 1.97 bits per heavy atom. The molecule has 0 aliphatic rings. The van der Waals surface area contributed by atoms with Crippen LogP contribution in [0.2, 0.25) is 0 Å². The predicted octanol–water partition coefficient (Wildman–Crippen LogP) is 2.65. The summed E-state index contributed by atoms with van der Waals surface area (Å²) in [4.78, 5) is 36.2. The van der Waals surface area contributed by atoms with Gasteiger partial charge in [0.05, 0.1) is 0 Å². The number of carbonyl (C=O) groups is 3. The fourth-order valence-electron chi connectivity index (χ4n) is 2.41. The lowest BCUT2D eigenvalue weighted by atomic mass is 10.1. The number of ether oxygens (including phenoxy) is 2. The molecule has 0 bridgehead atoms. The van der Waals surface area contributed by atoms with Crippen molar-refractivity contribution in [3.63, 3.8) is 0 Å². The molecular weight excluding hydrogens is 376 g/mol. The maximum atomic E-state index is 12.4. The van der Waals surface area contributed by atoms with E-state index >= 15 is 0 Å². The molecule has 2 N–H and O–H groups in total. The number of amides is 2. The fraction of sp³-hybridized carbons (Fsp3) is 0.286. The first kappa shape index (κ1) is 21.9. The van der Waals surface area contributed by atoms with Crippen molar-refractivity contribution in [1.29, 1.82) is 0 Å². The molecule has 8 heteroatoms. The highest BCUT2D eigenvalue weighted by atomic mass is 16.6. The van der Waals surface area contributed by atoms with Crippen LogP contribution in [0.4, 0.5) is 4.79 Å². The van der Waals surface area contributed by atoms with Crippen LogP contribution < -0.4 is 5.32 Å². The van der Waals surface area contributed by atoms with Gasteiger partial charge < -0.3 is 14.8 Å². The van der Waals surface area contributed by atoms with E-state index in [-0.39, 0.29) is 26.1 Å². The number of alkyl carbamates (subject to hydrolysis) is 1. The van der Waals surface area contributed by atoms with Crippen molar-refractivity contribution in [1.82, 2.24) is 10.4 Å². The average Bonchev–Trinajstić information content (AvgIpc) is 2.74. The zero-order valence-electron chi connectivity index (χ0n) is 16.1.